The van der Waals surface area contributed by atoms with Gasteiger partial charge in [0, 0.05) is 27.7 Å². The zero-order valence-corrected chi connectivity index (χ0v) is 16.8. The van der Waals surface area contributed by atoms with Crippen LogP contribution in [-0.2, 0) is 19.2 Å². The van der Waals surface area contributed by atoms with Crippen molar-refractivity contribution in [2.75, 3.05) is 0 Å². The minimum atomic E-state index is -0.833. The van der Waals surface area contributed by atoms with E-state index in [1.165, 1.54) is 0 Å². The molecule has 0 heterocycles. The van der Waals surface area contributed by atoms with Crippen molar-refractivity contribution < 1.29 is 102 Å². The van der Waals surface area contributed by atoms with Crippen LogP contribution in [0.15, 0.2) is 13.2 Å². The van der Waals surface area contributed by atoms with Crippen molar-refractivity contribution in [3.8, 4) is 0 Å². The summed E-state index contributed by atoms with van der Waals surface area (Å²) in [6.45, 7) is 10.3. The zero-order chi connectivity index (χ0) is 16.3. The Morgan fingerprint density at radius 1 is 0.600 bits per heavy atom. The first kappa shape index (κ1) is 42.7. The molecule has 0 radical (unpaired) electrons. The Balaban J connectivity index is -0.0000000133. The summed E-state index contributed by atoms with van der Waals surface area (Å²) in [6.07, 6.45) is 0. The first-order valence-corrected chi connectivity index (χ1v) is 4.21. The van der Waals surface area contributed by atoms with Gasteiger partial charge in [0.15, 0.2) is 0 Å². The number of rotatable bonds is 0. The topological polar surface area (TPSA) is 149 Å². The monoisotopic (exact) mass is 316 g/mol. The molecular weight excluding hydrogens is 294 g/mol. The molecule has 0 spiro atoms. The summed E-state index contributed by atoms with van der Waals surface area (Å²) in [6, 6.07) is 0. The smallest absolute Gasteiger partial charge is 1.00 e. The Labute approximate surface area is 165 Å². The second-order valence-electron chi connectivity index (χ2n) is 2.08. The van der Waals surface area contributed by atoms with Crippen LogP contribution in [-0.4, -0.2) is 44.3 Å². The number of carbonyl (C=O) groups is 4. The van der Waals surface area contributed by atoms with E-state index in [0.29, 0.717) is 0 Å². The Morgan fingerprint density at radius 2 is 0.600 bits per heavy atom. The van der Waals surface area contributed by atoms with Gasteiger partial charge in [0.25, 0.3) is 23.9 Å². The Morgan fingerprint density at radius 3 is 0.600 bits per heavy atom. The fourth-order valence-corrected chi connectivity index (χ4v) is 0. The van der Waals surface area contributed by atoms with Crippen LogP contribution in [0.2, 0.25) is 0 Å². The number of aliphatic carboxylic acids is 4. The van der Waals surface area contributed by atoms with Crippen LogP contribution in [0.25, 0.3) is 0 Å². The van der Waals surface area contributed by atoms with Crippen molar-refractivity contribution in [1.82, 2.24) is 0 Å². The molecule has 0 aromatic carbocycles. The van der Waals surface area contributed by atoms with Gasteiger partial charge in [0.1, 0.15) is 0 Å². The van der Waals surface area contributed by atoms with E-state index in [0.717, 1.165) is 27.7 Å². The largest absolute Gasteiger partial charge is 1.00 e. The molecule has 0 amide bonds. The van der Waals surface area contributed by atoms with E-state index >= 15 is 0 Å². The zero-order valence-electron chi connectivity index (χ0n) is 14.8. The van der Waals surface area contributed by atoms with E-state index in [-0.39, 0.29) is 62.0 Å². The van der Waals surface area contributed by atoms with Gasteiger partial charge in [-0.2, -0.15) is 0 Å². The second-order valence-corrected chi connectivity index (χ2v) is 2.08. The van der Waals surface area contributed by atoms with Gasteiger partial charge in [-0.25, -0.2) is 0 Å². The first-order chi connectivity index (χ1) is 7.93. The first-order valence-electron chi connectivity index (χ1n) is 4.21. The molecule has 0 bridgehead atoms. The summed E-state index contributed by atoms with van der Waals surface area (Å²) in [4.78, 5) is 36.0. The van der Waals surface area contributed by atoms with Crippen LogP contribution < -0.4 is 59.1 Å². The number of carboxylic acid groups (broad SMARTS) is 4. The molecule has 0 aromatic heterocycles. The van der Waals surface area contributed by atoms with Gasteiger partial charge >= 0.3 is 59.1 Å². The number of hydrogen-bond acceptors (Lipinski definition) is 4. The summed E-state index contributed by atoms with van der Waals surface area (Å²) in [5.74, 6) is -3.33. The van der Waals surface area contributed by atoms with Crippen molar-refractivity contribution in [2.45, 2.75) is 27.7 Å². The van der Waals surface area contributed by atoms with Crippen molar-refractivity contribution >= 4 is 23.9 Å². The van der Waals surface area contributed by atoms with Gasteiger partial charge in [0.2, 0.25) is 0 Å². The van der Waals surface area contributed by atoms with Gasteiger partial charge < -0.3 is 23.3 Å². The van der Waals surface area contributed by atoms with E-state index in [2.05, 4.69) is 13.2 Å². The summed E-state index contributed by atoms with van der Waals surface area (Å²) >= 11 is 0. The molecule has 10 heteroatoms. The van der Waals surface area contributed by atoms with Crippen LogP contribution in [0.1, 0.15) is 30.5 Å². The average Bonchev–Trinajstić information content (AvgIpc) is 2.01. The fourth-order valence-electron chi connectivity index (χ4n) is 0. The third-order valence-electron chi connectivity index (χ3n) is 0. The third kappa shape index (κ3) is 33700. The predicted octanol–water partition coefficient (Wildman–Crippen LogP) is -4.60. The van der Waals surface area contributed by atoms with E-state index in [1.54, 1.807) is 0 Å². The van der Waals surface area contributed by atoms with Gasteiger partial charge in [-0.05, 0) is 0 Å². The molecule has 0 saturated heterocycles. The maximum Gasteiger partial charge on any atom is 1.00 e. The van der Waals surface area contributed by atoms with Crippen LogP contribution in [0.5, 0.6) is 0 Å². The van der Waals surface area contributed by atoms with Crippen molar-refractivity contribution in [3.63, 3.8) is 0 Å². The molecule has 0 aliphatic rings. The van der Waals surface area contributed by atoms with Crippen LogP contribution in [0, 0.1) is 0 Å². The molecule has 0 saturated carbocycles. The number of hydrogen-bond donors (Lipinski definition) is 4. The Bertz CT molecular complexity index is 189. The molecule has 0 aromatic rings. The second kappa shape index (κ2) is 42.8. The minimum Gasteiger partial charge on any atom is -1.00 e. The molecule has 20 heavy (non-hydrogen) atoms. The average molecular weight is 316 g/mol. The summed E-state index contributed by atoms with van der Waals surface area (Å²) < 4.78 is 0. The molecule has 0 rings (SSSR count). The molecule has 0 aliphatic carbocycles. The van der Waals surface area contributed by atoms with Crippen LogP contribution in [0.4, 0.5) is 0 Å². The van der Waals surface area contributed by atoms with Gasteiger partial charge in [-0.3, -0.25) is 19.2 Å². The maximum absolute atomic E-state index is 9.00. The normalized spacial score (nSPS) is 5.20. The van der Waals surface area contributed by atoms with Crippen molar-refractivity contribution in [1.29, 1.82) is 0 Å². The molecule has 4 N–H and O–H groups in total. The Hall–Kier alpha value is -0.380. The van der Waals surface area contributed by atoms with Crippen molar-refractivity contribution in [2.24, 2.45) is 0 Å². The van der Waals surface area contributed by atoms with Crippen LogP contribution >= 0.6 is 0 Å². The predicted molar refractivity (Wildman–Crippen MR) is 66.7 cm³/mol. The van der Waals surface area contributed by atoms with E-state index < -0.39 is 23.9 Å². The molecule has 0 fully saturated rings. The van der Waals surface area contributed by atoms with Crippen LogP contribution in [0.3, 0.4) is 0 Å². The molecule has 8 nitrogen and oxygen atoms in total. The summed E-state index contributed by atoms with van der Waals surface area (Å²) in [5.41, 5.74) is 0. The Kier molecular flexibility index (Phi) is 91.4. The summed E-state index contributed by atoms with van der Waals surface area (Å²) in [5, 5.41) is 29.7. The number of carboxylic acids is 4. The molecule has 0 aliphatic heterocycles. The quantitative estimate of drug-likeness (QED) is 0.258. The summed E-state index contributed by atoms with van der Waals surface area (Å²) in [7, 11) is 0. The van der Waals surface area contributed by atoms with Gasteiger partial charge in [-0.15, -0.1) is 13.2 Å². The van der Waals surface area contributed by atoms with E-state index in [9.17, 15) is 0 Å². The fraction of sp³-hybridized carbons (Fsp3) is 0.400. The molecular formula is C10H22Na2O8. The van der Waals surface area contributed by atoms with E-state index in [4.69, 9.17) is 39.6 Å². The maximum atomic E-state index is 9.00. The van der Waals surface area contributed by atoms with E-state index in [1.807, 2.05) is 0 Å². The molecule has 0 unspecified atom stereocenters. The van der Waals surface area contributed by atoms with Gasteiger partial charge in [-0.1, -0.05) is 0 Å². The molecule has 112 valence electrons. The standard InChI is InChI=1S/4C2H4O2.C2H4.2Na.2H/c4*1-2(3)4;1-2;;;;/h4*1H3,(H,3,4);1-2H2;;;;/q;;;;;2*+1;2*-1. The van der Waals surface area contributed by atoms with Crippen molar-refractivity contribution in [3.05, 3.63) is 13.2 Å². The molecule has 0 atom stereocenters. The minimum absolute atomic E-state index is 0. The van der Waals surface area contributed by atoms with Gasteiger partial charge in [0.05, 0.1) is 0 Å². The third-order valence-corrected chi connectivity index (χ3v) is 0. The SMILES string of the molecule is C=C.CC(=O)O.CC(=O)O.CC(=O)O.CC(=O)O.[H-].[H-].[Na+].[Na+].